The summed E-state index contributed by atoms with van der Waals surface area (Å²) in [5.74, 6) is 0. The van der Waals surface area contributed by atoms with E-state index < -0.39 is 5.41 Å². The molecule has 0 saturated carbocycles. The molecule has 0 unspecified atom stereocenters. The van der Waals surface area contributed by atoms with Gasteiger partial charge in [-0.25, -0.2) is 0 Å². The maximum atomic E-state index is 6.55. The van der Waals surface area contributed by atoms with Crippen LogP contribution < -0.4 is 16.0 Å². The van der Waals surface area contributed by atoms with Gasteiger partial charge in [0.1, 0.15) is 33.5 Å². The van der Waals surface area contributed by atoms with Crippen molar-refractivity contribution in [3.63, 3.8) is 0 Å². The van der Waals surface area contributed by atoms with Crippen molar-refractivity contribution in [3.8, 4) is 66.8 Å². The minimum atomic E-state index is -0.514. The summed E-state index contributed by atoms with van der Waals surface area (Å²) >= 11 is 3.54. The molecular formula is C112H82BrN3O3. The highest BCUT2D eigenvalue weighted by Gasteiger charge is 2.52. The van der Waals surface area contributed by atoms with E-state index in [2.05, 4.69) is 371 Å². The third-order valence-corrected chi connectivity index (χ3v) is 26.8. The van der Waals surface area contributed by atoms with E-state index in [1.807, 2.05) is 66.7 Å². The largest absolute Gasteiger partial charge is 0.456 e. The van der Waals surface area contributed by atoms with E-state index in [0.29, 0.717) is 0 Å². The standard InChI is InChI=1S/C58H39NO.C27H21NO.C15H15N.C12H7BrO/c1-57(2)47-21-10-6-19-42(47)46-34-38(29-32-48(46)57)59(53-24-14-26-55-56(53)45-20-9-13-25-54(45)60-55)39-28-31-44-43-30-27-37(36-15-4-3-5-16-36)33-51(43)58(52(44)35-39)49-22-11-7-17-40(49)41-18-8-12-23-50(41)58;1-27(2)21-10-5-3-8-18(21)20-16-17(14-15-22(20)27)28-23-11-7-13-25-26(23)19-9-4-6-12-24(19)29-25;1-15(2)13-6-4-3-5-11(13)12-9-10(16)7-8-14(12)15;13-9-5-3-7-11-12(9)8-4-1-2-6-10(8)14-11/h3-35H,1-2H3;3-16,28H,1-2H3;3-9H,16H2,1-2H3;1-7H. The first-order valence-electron chi connectivity index (χ1n) is 41.1. The number of furan rings is 3. The molecule has 0 fully saturated rings. The molecule has 3 aromatic heterocycles. The maximum absolute atomic E-state index is 6.55. The molecule has 0 saturated heterocycles. The van der Waals surface area contributed by atoms with E-state index in [1.165, 1.54) is 122 Å². The van der Waals surface area contributed by atoms with E-state index in [4.69, 9.17) is 19.0 Å². The Bertz CT molecular complexity index is 7510. The minimum absolute atomic E-state index is 0.0330. The summed E-state index contributed by atoms with van der Waals surface area (Å²) in [5, 5.41) is 10.5. The summed E-state index contributed by atoms with van der Waals surface area (Å²) in [6.45, 7) is 13.9. The Morgan fingerprint density at radius 3 is 1.24 bits per heavy atom. The molecule has 0 atom stereocenters. The van der Waals surface area contributed by atoms with Crippen LogP contribution in [-0.4, -0.2) is 0 Å². The molecular weight excluding hydrogens is 1520 g/mol. The van der Waals surface area contributed by atoms with E-state index >= 15 is 0 Å². The molecule has 25 rings (SSSR count). The number of rotatable bonds is 6. The second-order valence-corrected chi connectivity index (χ2v) is 34.6. The highest BCUT2D eigenvalue weighted by Crippen LogP contribution is 2.65. The third kappa shape index (κ3) is 11.0. The average molecular weight is 1600 g/mol. The second-order valence-electron chi connectivity index (χ2n) is 33.7. The van der Waals surface area contributed by atoms with Gasteiger partial charge in [-0.15, -0.1) is 0 Å². The zero-order valence-corrected chi connectivity index (χ0v) is 68.4. The average Bonchev–Trinajstić information content (AvgIpc) is 1.50. The first kappa shape index (κ1) is 71.6. The van der Waals surface area contributed by atoms with Crippen LogP contribution >= 0.6 is 15.9 Å². The van der Waals surface area contributed by atoms with Crippen molar-refractivity contribution in [2.45, 2.75) is 63.2 Å². The fourth-order valence-corrected chi connectivity index (χ4v) is 21.2. The lowest BCUT2D eigenvalue weighted by Crippen LogP contribution is -2.26. The molecule has 20 aromatic rings. The zero-order chi connectivity index (χ0) is 80.2. The summed E-state index contributed by atoms with van der Waals surface area (Å²) in [5.41, 5.74) is 46.2. The van der Waals surface area contributed by atoms with Crippen LogP contribution in [0.15, 0.2) is 388 Å². The number of nitrogens with zero attached hydrogens (tertiary/aromatic N) is 1. The van der Waals surface area contributed by atoms with Crippen LogP contribution in [0.2, 0.25) is 0 Å². The van der Waals surface area contributed by atoms with Crippen molar-refractivity contribution in [2.24, 2.45) is 0 Å². The predicted octanol–water partition coefficient (Wildman–Crippen LogP) is 30.9. The van der Waals surface area contributed by atoms with Gasteiger partial charge in [-0.1, -0.05) is 318 Å². The van der Waals surface area contributed by atoms with Gasteiger partial charge in [0.15, 0.2) is 0 Å². The van der Waals surface area contributed by atoms with Crippen molar-refractivity contribution < 1.29 is 13.3 Å². The molecule has 0 radical (unpaired) electrons. The van der Waals surface area contributed by atoms with Gasteiger partial charge < -0.3 is 29.2 Å². The summed E-state index contributed by atoms with van der Waals surface area (Å²) < 4.78 is 19.4. The van der Waals surface area contributed by atoms with Gasteiger partial charge in [0.25, 0.3) is 0 Å². The van der Waals surface area contributed by atoms with Crippen LogP contribution in [0.5, 0.6) is 0 Å². The van der Waals surface area contributed by atoms with Gasteiger partial charge in [-0.2, -0.15) is 0 Å². The molecule has 570 valence electrons. The lowest BCUT2D eigenvalue weighted by atomic mass is 9.70. The Hall–Kier alpha value is -14.0. The number of anilines is 6. The van der Waals surface area contributed by atoms with Crippen LogP contribution in [-0.2, 0) is 21.7 Å². The molecule has 0 aliphatic heterocycles. The molecule has 5 aliphatic carbocycles. The van der Waals surface area contributed by atoms with Crippen LogP contribution in [0.4, 0.5) is 34.1 Å². The Labute approximate surface area is 700 Å². The monoisotopic (exact) mass is 1600 g/mol. The Morgan fingerprint density at radius 2 is 0.655 bits per heavy atom. The molecule has 0 bridgehead atoms. The van der Waals surface area contributed by atoms with Crippen LogP contribution in [0.1, 0.15) is 97.2 Å². The van der Waals surface area contributed by atoms with Crippen LogP contribution in [0, 0.1) is 0 Å². The highest BCUT2D eigenvalue weighted by molar-refractivity contribution is 9.10. The van der Waals surface area contributed by atoms with Gasteiger partial charge in [0.2, 0.25) is 0 Å². The van der Waals surface area contributed by atoms with Crippen molar-refractivity contribution in [1.29, 1.82) is 0 Å². The molecule has 6 nitrogen and oxygen atoms in total. The number of halogens is 1. The number of nitrogens with two attached hydrogens (primary N) is 1. The van der Waals surface area contributed by atoms with Gasteiger partial charge >= 0.3 is 0 Å². The lowest BCUT2D eigenvalue weighted by molar-refractivity contribution is 0.660. The summed E-state index contributed by atoms with van der Waals surface area (Å²) in [6, 6.07) is 133. The van der Waals surface area contributed by atoms with Crippen LogP contribution in [0.3, 0.4) is 0 Å². The molecule has 3 N–H and O–H groups in total. The Morgan fingerprint density at radius 1 is 0.269 bits per heavy atom. The quantitative estimate of drug-likeness (QED) is 0.162. The fraction of sp³-hybridized carbons (Fsp3) is 0.0893. The number of hydrogen-bond donors (Lipinski definition) is 2. The first-order valence-corrected chi connectivity index (χ1v) is 41.9. The van der Waals surface area contributed by atoms with Crippen molar-refractivity contribution in [1.82, 2.24) is 0 Å². The fourth-order valence-electron chi connectivity index (χ4n) is 20.6. The lowest BCUT2D eigenvalue weighted by Gasteiger charge is -2.32. The topological polar surface area (TPSA) is 80.7 Å². The Balaban J connectivity index is 0.000000117. The number of para-hydroxylation sites is 3. The smallest absolute Gasteiger partial charge is 0.137 e. The zero-order valence-electron chi connectivity index (χ0n) is 66.8. The van der Waals surface area contributed by atoms with Gasteiger partial charge in [0.05, 0.1) is 27.6 Å². The number of benzene rings is 17. The third-order valence-electron chi connectivity index (χ3n) is 26.1. The molecule has 17 aromatic carbocycles. The molecule has 119 heavy (non-hydrogen) atoms. The van der Waals surface area contributed by atoms with E-state index in [-0.39, 0.29) is 16.2 Å². The molecule has 3 heterocycles. The maximum Gasteiger partial charge on any atom is 0.137 e. The second kappa shape index (κ2) is 27.3. The number of nitrogen functional groups attached to an aromatic ring is 1. The molecule has 5 aliphatic rings. The molecule has 0 amide bonds. The predicted molar refractivity (Wildman–Crippen MR) is 499 cm³/mol. The van der Waals surface area contributed by atoms with Crippen molar-refractivity contribution in [3.05, 3.63) is 430 Å². The normalized spacial score (nSPS) is 14.1. The van der Waals surface area contributed by atoms with E-state index in [9.17, 15) is 0 Å². The molecule has 1 spiro atoms. The number of fused-ring (bicyclic) bond motifs is 28. The first-order chi connectivity index (χ1) is 58.1. The van der Waals surface area contributed by atoms with E-state index in [1.54, 1.807) is 0 Å². The molecule has 7 heteroatoms. The minimum Gasteiger partial charge on any atom is -0.456 e. The van der Waals surface area contributed by atoms with Crippen LogP contribution in [0.25, 0.3) is 133 Å². The van der Waals surface area contributed by atoms with Crippen molar-refractivity contribution in [2.75, 3.05) is 16.0 Å². The summed E-state index contributed by atoms with van der Waals surface area (Å²) in [6.07, 6.45) is 0. The number of nitrogens with one attached hydrogen (secondary N) is 1. The van der Waals surface area contributed by atoms with Gasteiger partial charge in [-0.05, 0) is 232 Å². The summed E-state index contributed by atoms with van der Waals surface area (Å²) in [7, 11) is 0. The van der Waals surface area contributed by atoms with Crippen molar-refractivity contribution >= 4 is 116 Å². The SMILES string of the molecule is Brc1cccc2oc3ccccc3c12.CC1(C)c2ccccc2-c2cc(N(c3ccc4c(c3)C3(c5ccccc5-c5ccccc53)c3cc(-c5ccccc5)ccc3-4)c3cccc4oc5ccccc5c34)ccc21.CC1(C)c2ccccc2-c2cc(N)ccc21.CC1(C)c2ccccc2-c2cc(Nc3cccc4oc5ccccc5c34)ccc21. The Kier molecular flexibility index (Phi) is 16.4. The summed E-state index contributed by atoms with van der Waals surface area (Å²) in [4.78, 5) is 2.48. The highest BCUT2D eigenvalue weighted by atomic mass is 79.9. The number of hydrogen-bond acceptors (Lipinski definition) is 6. The van der Waals surface area contributed by atoms with Gasteiger partial charge in [0, 0.05) is 65.0 Å². The van der Waals surface area contributed by atoms with E-state index in [0.717, 1.165) is 104 Å². The van der Waals surface area contributed by atoms with Gasteiger partial charge in [-0.3, -0.25) is 0 Å².